The van der Waals surface area contributed by atoms with Gasteiger partial charge in [0.15, 0.2) is 0 Å². The average molecular weight is 481 g/mol. The van der Waals surface area contributed by atoms with Crippen molar-refractivity contribution in [2.24, 2.45) is 10.4 Å². The maximum absolute atomic E-state index is 13.3. The smallest absolute Gasteiger partial charge is 0.232 e. The number of hydrogen-bond acceptors (Lipinski definition) is 7. The molecule has 2 aromatic carbocycles. The molecule has 174 valence electrons. The van der Waals surface area contributed by atoms with Crippen molar-refractivity contribution in [3.05, 3.63) is 106 Å². The van der Waals surface area contributed by atoms with Gasteiger partial charge < -0.3 is 10.6 Å². The molecule has 3 aromatic rings. The molecule has 7 nitrogen and oxygen atoms in total. The summed E-state index contributed by atoms with van der Waals surface area (Å²) in [5, 5.41) is 23.5. The van der Waals surface area contributed by atoms with Crippen molar-refractivity contribution in [3.8, 4) is 6.07 Å². The van der Waals surface area contributed by atoms with E-state index in [4.69, 9.17) is 5.26 Å². The first-order valence-electron chi connectivity index (χ1n) is 10.9. The van der Waals surface area contributed by atoms with Crippen LogP contribution >= 0.6 is 11.3 Å². The number of aliphatic imine (C=N–C) groups is 1. The topological polar surface area (TPSA) is 103 Å². The van der Waals surface area contributed by atoms with Crippen molar-refractivity contribution in [2.75, 3.05) is 5.32 Å². The van der Waals surface area contributed by atoms with Crippen molar-refractivity contribution < 1.29 is 4.79 Å². The van der Waals surface area contributed by atoms with E-state index >= 15 is 0 Å². The van der Waals surface area contributed by atoms with Crippen LogP contribution < -0.4 is 10.6 Å². The molecule has 2 heterocycles. The lowest BCUT2D eigenvalue weighted by molar-refractivity contribution is -0.124. The van der Waals surface area contributed by atoms with Gasteiger partial charge in [-0.15, -0.1) is 10.2 Å². The molecule has 1 atom stereocenters. The Kier molecular flexibility index (Phi) is 6.99. The lowest BCUT2D eigenvalue weighted by Crippen LogP contribution is -2.37. The molecule has 0 aliphatic carbocycles. The molecule has 4 rings (SSSR count). The molecule has 0 spiro atoms. The van der Waals surface area contributed by atoms with Gasteiger partial charge in [-0.1, -0.05) is 73.7 Å². The largest absolute Gasteiger partial charge is 0.360 e. The number of rotatable bonds is 7. The third-order valence-corrected chi connectivity index (χ3v) is 6.50. The molecule has 1 amide bonds. The highest BCUT2D eigenvalue weighted by Crippen LogP contribution is 2.43. The molecular formula is C27H24N6OS. The van der Waals surface area contributed by atoms with Gasteiger partial charge in [-0.2, -0.15) is 5.26 Å². The summed E-state index contributed by atoms with van der Waals surface area (Å²) >= 11 is 1.28. The number of nitrogens with zero attached hydrogens (tertiary/aromatic N) is 4. The summed E-state index contributed by atoms with van der Waals surface area (Å²) in [6.45, 7) is 7.57. The van der Waals surface area contributed by atoms with Crippen molar-refractivity contribution in [3.63, 3.8) is 0 Å². The summed E-state index contributed by atoms with van der Waals surface area (Å²) in [4.78, 5) is 17.6. The number of carbonyl (C=O) groups excluding carboxylic acids is 1. The van der Waals surface area contributed by atoms with Gasteiger partial charge in [0.25, 0.3) is 0 Å². The van der Waals surface area contributed by atoms with Crippen molar-refractivity contribution in [1.29, 1.82) is 5.26 Å². The van der Waals surface area contributed by atoms with E-state index in [0.29, 0.717) is 16.4 Å². The summed E-state index contributed by atoms with van der Waals surface area (Å²) in [6, 6.07) is 19.3. The second-order valence-corrected chi connectivity index (χ2v) is 9.33. The lowest BCUT2D eigenvalue weighted by atomic mass is 9.70. The highest BCUT2D eigenvalue weighted by Gasteiger charge is 2.40. The van der Waals surface area contributed by atoms with E-state index in [1.807, 2.05) is 74.7 Å². The number of hydrogen-bond donors (Lipinski definition) is 2. The first kappa shape index (κ1) is 23.8. The standard InChI is InChI=1S/C27H24N6OS/c1-27(2,25(34)32-26-33-31-17-35-26)23(19-7-5-4-6-8-19)21-13-14-22(30-16-21)24(29-3)20-11-9-18(15-28)10-12-20/h4-14,16-17,23,30H,3H2,1-2H3,(H,32,33,34)/b24-22-. The molecule has 1 aliphatic rings. The van der Waals surface area contributed by atoms with Crippen LogP contribution in [0.1, 0.15) is 36.5 Å². The number of nitrogens with one attached hydrogen (secondary N) is 2. The van der Waals surface area contributed by atoms with Gasteiger partial charge in [0.1, 0.15) is 5.51 Å². The van der Waals surface area contributed by atoms with Gasteiger partial charge in [0.05, 0.1) is 28.4 Å². The van der Waals surface area contributed by atoms with E-state index in [0.717, 1.165) is 22.4 Å². The van der Waals surface area contributed by atoms with E-state index in [1.165, 1.54) is 11.3 Å². The highest BCUT2D eigenvalue weighted by atomic mass is 32.1. The van der Waals surface area contributed by atoms with E-state index < -0.39 is 5.41 Å². The van der Waals surface area contributed by atoms with Crippen molar-refractivity contribution >= 4 is 34.8 Å². The number of aromatic nitrogens is 2. The number of anilines is 1. The van der Waals surface area contributed by atoms with Crippen LogP contribution in [0, 0.1) is 16.7 Å². The van der Waals surface area contributed by atoms with Gasteiger partial charge in [0.2, 0.25) is 11.0 Å². The van der Waals surface area contributed by atoms with E-state index in [2.05, 4.69) is 38.6 Å². The Labute approximate surface area is 208 Å². The Morgan fingerprint density at radius 1 is 1.17 bits per heavy atom. The number of benzene rings is 2. The molecule has 8 heteroatoms. The van der Waals surface area contributed by atoms with Gasteiger partial charge in [-0.05, 0) is 36.1 Å². The summed E-state index contributed by atoms with van der Waals surface area (Å²) in [5.74, 6) is -0.387. The molecule has 0 bridgehead atoms. The minimum Gasteiger partial charge on any atom is -0.360 e. The van der Waals surface area contributed by atoms with E-state index in [9.17, 15) is 4.79 Å². The van der Waals surface area contributed by atoms with Crippen LogP contribution in [0.4, 0.5) is 5.13 Å². The predicted octanol–water partition coefficient (Wildman–Crippen LogP) is 5.27. The number of amides is 1. The normalized spacial score (nSPS) is 15.3. The number of dihydropyridines is 1. The Balaban J connectivity index is 1.67. The fourth-order valence-electron chi connectivity index (χ4n) is 4.09. The second kappa shape index (κ2) is 10.3. The zero-order valence-electron chi connectivity index (χ0n) is 19.4. The monoisotopic (exact) mass is 480 g/mol. The molecule has 0 saturated carbocycles. The zero-order valence-corrected chi connectivity index (χ0v) is 20.2. The lowest BCUT2D eigenvalue weighted by Gasteiger charge is -2.35. The third-order valence-electron chi connectivity index (χ3n) is 5.89. The van der Waals surface area contributed by atoms with Gasteiger partial charge in [-0.25, -0.2) is 0 Å². The third kappa shape index (κ3) is 5.10. The van der Waals surface area contributed by atoms with Crippen LogP contribution in [0.5, 0.6) is 0 Å². The average Bonchev–Trinajstić information content (AvgIpc) is 3.39. The maximum Gasteiger partial charge on any atom is 0.232 e. The first-order chi connectivity index (χ1) is 16.9. The molecular weight excluding hydrogens is 456 g/mol. The Bertz CT molecular complexity index is 1350. The number of carbonyl (C=O) groups is 1. The minimum atomic E-state index is -0.807. The molecule has 35 heavy (non-hydrogen) atoms. The van der Waals surface area contributed by atoms with Crippen LogP contribution in [0.15, 0.2) is 94.7 Å². The minimum absolute atomic E-state index is 0.148. The van der Waals surface area contributed by atoms with Gasteiger partial charge in [0, 0.05) is 17.7 Å². The van der Waals surface area contributed by atoms with E-state index in [-0.39, 0.29) is 11.8 Å². The van der Waals surface area contributed by atoms with Gasteiger partial charge >= 0.3 is 0 Å². The van der Waals surface area contributed by atoms with Gasteiger partial charge in [-0.3, -0.25) is 9.79 Å². The molecule has 0 saturated heterocycles. The van der Waals surface area contributed by atoms with Crippen molar-refractivity contribution in [2.45, 2.75) is 19.8 Å². The number of allylic oxidation sites excluding steroid dienone is 3. The summed E-state index contributed by atoms with van der Waals surface area (Å²) < 4.78 is 0. The Morgan fingerprint density at radius 2 is 1.91 bits per heavy atom. The van der Waals surface area contributed by atoms with Crippen molar-refractivity contribution in [1.82, 2.24) is 15.5 Å². The summed E-state index contributed by atoms with van der Waals surface area (Å²) in [5.41, 5.74) is 5.61. The summed E-state index contributed by atoms with van der Waals surface area (Å²) in [6.07, 6.45) is 5.84. The second-order valence-electron chi connectivity index (χ2n) is 8.49. The highest BCUT2D eigenvalue weighted by molar-refractivity contribution is 7.13. The first-order valence-corrected chi connectivity index (χ1v) is 11.8. The molecule has 1 aliphatic heterocycles. The zero-order chi connectivity index (χ0) is 24.8. The van der Waals surface area contributed by atoms with Crippen LogP contribution in [0.2, 0.25) is 0 Å². The Morgan fingerprint density at radius 3 is 2.49 bits per heavy atom. The maximum atomic E-state index is 13.3. The molecule has 2 N–H and O–H groups in total. The number of nitriles is 1. The molecule has 1 aromatic heterocycles. The fourth-order valence-corrected chi connectivity index (χ4v) is 4.53. The Hall–Kier alpha value is -4.35. The van der Waals surface area contributed by atoms with Crippen LogP contribution in [-0.4, -0.2) is 22.8 Å². The van der Waals surface area contributed by atoms with E-state index in [1.54, 1.807) is 17.6 Å². The predicted molar refractivity (Wildman–Crippen MR) is 139 cm³/mol. The quantitative estimate of drug-likeness (QED) is 0.448. The molecule has 0 fully saturated rings. The van der Waals surface area contributed by atoms with Crippen LogP contribution in [0.25, 0.3) is 5.70 Å². The van der Waals surface area contributed by atoms with Crippen LogP contribution in [0.3, 0.4) is 0 Å². The summed E-state index contributed by atoms with van der Waals surface area (Å²) in [7, 11) is 0. The SMILES string of the molecule is C=N/C(=C1/C=CC(C(c2ccccc2)C(C)(C)C(=O)Nc2nncs2)=CN1)c1ccc(C#N)cc1. The van der Waals surface area contributed by atoms with Crippen LogP contribution in [-0.2, 0) is 4.79 Å². The fraction of sp³-hybridized carbons (Fsp3) is 0.148. The molecule has 1 unspecified atom stereocenters. The molecule has 0 radical (unpaired) electrons.